The standard InChI is InChI=1S/C22H16N2O6/c1-11-9-16(24-30-11)23-21(26)20-17(12-5-4-6-13(25)10-12)18-19(29-20)14-7-2-3-8-15(14)28-22(18)27/h2-10,17,20,25H,1H3,(H,23,24,26)/t17-,20-/m1/s1. The summed E-state index contributed by atoms with van der Waals surface area (Å²) in [5.41, 5.74) is 0.553. The van der Waals surface area contributed by atoms with E-state index in [2.05, 4.69) is 10.5 Å². The van der Waals surface area contributed by atoms with E-state index in [0.717, 1.165) is 0 Å². The number of phenolic OH excluding ortho intramolecular Hbond substituents is 1. The first-order valence-corrected chi connectivity index (χ1v) is 9.27. The lowest BCUT2D eigenvalue weighted by atomic mass is 9.88. The van der Waals surface area contributed by atoms with E-state index < -0.39 is 23.6 Å². The summed E-state index contributed by atoms with van der Waals surface area (Å²) in [6.45, 7) is 1.71. The highest BCUT2D eigenvalue weighted by atomic mass is 16.5. The van der Waals surface area contributed by atoms with Gasteiger partial charge in [-0.05, 0) is 36.8 Å². The van der Waals surface area contributed by atoms with E-state index in [-0.39, 0.29) is 17.1 Å². The Bertz CT molecular complexity index is 1340. The molecule has 0 aliphatic carbocycles. The Balaban J connectivity index is 1.66. The number of aromatic nitrogens is 1. The lowest BCUT2D eigenvalue weighted by Gasteiger charge is -2.18. The molecule has 0 fully saturated rings. The summed E-state index contributed by atoms with van der Waals surface area (Å²) < 4.78 is 16.5. The Morgan fingerprint density at radius 1 is 1.13 bits per heavy atom. The molecule has 0 spiro atoms. The van der Waals surface area contributed by atoms with Crippen LogP contribution in [0.15, 0.2) is 68.3 Å². The van der Waals surface area contributed by atoms with Crippen LogP contribution in [0.2, 0.25) is 0 Å². The van der Waals surface area contributed by atoms with Gasteiger partial charge in [0.25, 0.3) is 5.91 Å². The molecule has 5 rings (SSSR count). The molecule has 2 N–H and O–H groups in total. The Kier molecular flexibility index (Phi) is 4.06. The number of phenols is 1. The van der Waals surface area contributed by atoms with Gasteiger partial charge >= 0.3 is 5.63 Å². The Morgan fingerprint density at radius 2 is 1.97 bits per heavy atom. The third kappa shape index (κ3) is 2.89. The zero-order valence-electron chi connectivity index (χ0n) is 15.8. The van der Waals surface area contributed by atoms with Crippen LogP contribution in [-0.4, -0.2) is 22.3 Å². The molecule has 0 bridgehead atoms. The summed E-state index contributed by atoms with van der Waals surface area (Å²) in [6, 6.07) is 14.9. The molecule has 150 valence electrons. The van der Waals surface area contributed by atoms with Crippen LogP contribution in [0, 0.1) is 6.92 Å². The highest BCUT2D eigenvalue weighted by Gasteiger charge is 2.44. The summed E-state index contributed by atoms with van der Waals surface area (Å²) in [5.74, 6) is -0.193. The highest BCUT2D eigenvalue weighted by molar-refractivity contribution is 5.97. The van der Waals surface area contributed by atoms with Crippen molar-refractivity contribution in [3.63, 3.8) is 0 Å². The van der Waals surface area contributed by atoms with Gasteiger partial charge in [0, 0.05) is 6.07 Å². The van der Waals surface area contributed by atoms with E-state index >= 15 is 0 Å². The van der Waals surface area contributed by atoms with Crippen LogP contribution in [0.25, 0.3) is 11.0 Å². The van der Waals surface area contributed by atoms with Crippen molar-refractivity contribution in [1.29, 1.82) is 0 Å². The van der Waals surface area contributed by atoms with E-state index in [0.29, 0.717) is 28.0 Å². The maximum Gasteiger partial charge on any atom is 0.344 e. The van der Waals surface area contributed by atoms with Crippen molar-refractivity contribution in [3.05, 3.63) is 81.9 Å². The van der Waals surface area contributed by atoms with Crippen molar-refractivity contribution in [3.8, 4) is 11.5 Å². The van der Waals surface area contributed by atoms with Crippen LogP contribution < -0.4 is 15.7 Å². The minimum absolute atomic E-state index is 0.0115. The number of anilines is 1. The third-order valence-corrected chi connectivity index (χ3v) is 5.02. The quantitative estimate of drug-likeness (QED) is 0.503. The van der Waals surface area contributed by atoms with Gasteiger partial charge in [-0.15, -0.1) is 0 Å². The van der Waals surface area contributed by atoms with E-state index in [4.69, 9.17) is 13.7 Å². The molecule has 1 aliphatic heterocycles. The van der Waals surface area contributed by atoms with E-state index in [1.54, 1.807) is 49.4 Å². The van der Waals surface area contributed by atoms with E-state index in [1.165, 1.54) is 12.1 Å². The molecule has 0 saturated heterocycles. The number of fused-ring (bicyclic) bond motifs is 3. The number of ether oxygens (including phenoxy) is 1. The number of aromatic hydroxyl groups is 1. The van der Waals surface area contributed by atoms with Crippen LogP contribution in [-0.2, 0) is 4.79 Å². The number of para-hydroxylation sites is 1. The second kappa shape index (κ2) is 6.77. The smallest absolute Gasteiger partial charge is 0.344 e. The molecule has 3 heterocycles. The van der Waals surface area contributed by atoms with E-state index in [9.17, 15) is 14.7 Å². The fraction of sp³-hybridized carbons (Fsp3) is 0.136. The summed E-state index contributed by atoms with van der Waals surface area (Å²) >= 11 is 0. The first kappa shape index (κ1) is 18.0. The summed E-state index contributed by atoms with van der Waals surface area (Å²) in [5, 5.41) is 17.0. The van der Waals surface area contributed by atoms with Crippen molar-refractivity contribution in [2.45, 2.75) is 18.9 Å². The van der Waals surface area contributed by atoms with Crippen molar-refractivity contribution in [2.75, 3.05) is 5.32 Å². The first-order chi connectivity index (χ1) is 14.5. The second-order valence-corrected chi connectivity index (χ2v) is 7.05. The van der Waals surface area contributed by atoms with Crippen molar-refractivity contribution in [2.24, 2.45) is 0 Å². The second-order valence-electron chi connectivity index (χ2n) is 7.05. The van der Waals surface area contributed by atoms with Crippen LogP contribution in [0.5, 0.6) is 11.5 Å². The summed E-state index contributed by atoms with van der Waals surface area (Å²) in [6.07, 6.45) is -1.08. The number of carbonyl (C=O) groups is 1. The van der Waals surface area contributed by atoms with Crippen LogP contribution in [0.3, 0.4) is 0 Å². The lowest BCUT2D eigenvalue weighted by molar-refractivity contribution is -0.122. The molecule has 4 aromatic rings. The highest BCUT2D eigenvalue weighted by Crippen LogP contribution is 2.44. The summed E-state index contributed by atoms with van der Waals surface area (Å²) in [4.78, 5) is 26.0. The van der Waals surface area contributed by atoms with Crippen LogP contribution >= 0.6 is 0 Å². The average molecular weight is 404 g/mol. The van der Waals surface area contributed by atoms with Crippen LogP contribution in [0.4, 0.5) is 5.82 Å². The fourth-order valence-electron chi connectivity index (χ4n) is 3.76. The normalized spacial score (nSPS) is 17.5. The molecule has 2 aromatic carbocycles. The zero-order valence-corrected chi connectivity index (χ0v) is 15.8. The predicted molar refractivity (Wildman–Crippen MR) is 107 cm³/mol. The molecule has 2 aromatic heterocycles. The van der Waals surface area contributed by atoms with Gasteiger partial charge in [-0.25, -0.2) is 4.79 Å². The van der Waals surface area contributed by atoms with Gasteiger partial charge in [-0.1, -0.05) is 29.4 Å². The fourth-order valence-corrected chi connectivity index (χ4v) is 3.76. The molecular weight excluding hydrogens is 388 g/mol. The monoisotopic (exact) mass is 404 g/mol. The minimum atomic E-state index is -1.08. The number of benzene rings is 2. The maximum absolute atomic E-state index is 13.1. The molecule has 2 atom stereocenters. The molecule has 0 saturated carbocycles. The van der Waals surface area contributed by atoms with Crippen molar-refractivity contribution in [1.82, 2.24) is 5.16 Å². The van der Waals surface area contributed by atoms with E-state index in [1.807, 2.05) is 0 Å². The summed E-state index contributed by atoms with van der Waals surface area (Å²) in [7, 11) is 0. The molecular formula is C22H16N2O6. The number of hydrogen-bond donors (Lipinski definition) is 2. The molecule has 1 amide bonds. The third-order valence-electron chi connectivity index (χ3n) is 5.02. The molecule has 1 aliphatic rings. The topological polar surface area (TPSA) is 115 Å². The zero-order chi connectivity index (χ0) is 20.8. The van der Waals surface area contributed by atoms with Gasteiger partial charge < -0.3 is 24.1 Å². The molecule has 8 nitrogen and oxygen atoms in total. The number of aryl methyl sites for hydroxylation is 1. The predicted octanol–water partition coefficient (Wildman–Crippen LogP) is 3.33. The number of nitrogens with zero attached hydrogens (tertiary/aromatic N) is 1. The van der Waals surface area contributed by atoms with Crippen molar-refractivity contribution < 1.29 is 23.6 Å². The average Bonchev–Trinajstić information content (AvgIpc) is 3.32. The Labute approximate surface area is 169 Å². The Morgan fingerprint density at radius 3 is 2.73 bits per heavy atom. The molecule has 8 heteroatoms. The maximum atomic E-state index is 13.1. The van der Waals surface area contributed by atoms with Crippen LogP contribution in [0.1, 0.15) is 22.8 Å². The number of hydrogen-bond acceptors (Lipinski definition) is 7. The number of carbonyl (C=O) groups excluding carboxylic acids is 1. The van der Waals surface area contributed by atoms with Gasteiger partial charge in [0.1, 0.15) is 22.8 Å². The number of nitrogens with one attached hydrogen (secondary N) is 1. The van der Waals surface area contributed by atoms with Gasteiger partial charge in [0.15, 0.2) is 11.9 Å². The SMILES string of the molecule is Cc1cc(NC(=O)[C@@H]2Oc3c(c(=O)oc4ccccc34)[C@H]2c2cccc(O)c2)no1. The van der Waals surface area contributed by atoms with Crippen molar-refractivity contribution >= 4 is 22.7 Å². The first-order valence-electron chi connectivity index (χ1n) is 9.27. The van der Waals surface area contributed by atoms with Gasteiger partial charge in [0.05, 0.1) is 16.9 Å². The molecule has 0 unspecified atom stereocenters. The molecule has 30 heavy (non-hydrogen) atoms. The Hall–Kier alpha value is -4.07. The van der Waals surface area contributed by atoms with Gasteiger partial charge in [0.2, 0.25) is 0 Å². The molecule has 0 radical (unpaired) electrons. The minimum Gasteiger partial charge on any atom is -0.508 e. The van der Waals surface area contributed by atoms with Gasteiger partial charge in [-0.2, -0.15) is 0 Å². The van der Waals surface area contributed by atoms with Gasteiger partial charge in [-0.3, -0.25) is 4.79 Å². The lowest BCUT2D eigenvalue weighted by Crippen LogP contribution is -2.35. The largest absolute Gasteiger partial charge is 0.508 e. The number of amides is 1. The number of rotatable bonds is 3.